The first-order valence-electron chi connectivity index (χ1n) is 14.5. The minimum atomic E-state index is -0.165. The maximum atomic E-state index is 6.01. The van der Waals surface area contributed by atoms with Crippen LogP contribution in [0.2, 0.25) is 0 Å². The summed E-state index contributed by atoms with van der Waals surface area (Å²) in [6.07, 6.45) is -0.165. The first kappa shape index (κ1) is 29.5. The number of hydrogen-bond acceptors (Lipinski definition) is 5. The maximum Gasteiger partial charge on any atom is 0.196 e. The molecule has 0 amide bonds. The molecule has 0 spiro atoms. The first-order valence-corrected chi connectivity index (χ1v) is 14.5. The van der Waals surface area contributed by atoms with Crippen LogP contribution >= 0.6 is 0 Å². The second kappa shape index (κ2) is 14.3. The summed E-state index contributed by atoms with van der Waals surface area (Å²) in [7, 11) is 3.75. The topological polar surface area (TPSA) is 71.7 Å². The van der Waals surface area contributed by atoms with Gasteiger partial charge in [0, 0.05) is 12.1 Å². The van der Waals surface area contributed by atoms with Gasteiger partial charge >= 0.3 is 0 Å². The Morgan fingerprint density at radius 3 is 1.91 bits per heavy atom. The van der Waals surface area contributed by atoms with E-state index in [0.29, 0.717) is 6.54 Å². The van der Waals surface area contributed by atoms with Gasteiger partial charge in [0.2, 0.25) is 0 Å². The van der Waals surface area contributed by atoms with Crippen LogP contribution in [0.4, 0.5) is 5.69 Å². The number of hydrogen-bond donors (Lipinski definition) is 3. The molecule has 0 saturated heterocycles. The zero-order valence-corrected chi connectivity index (χ0v) is 24.7. The number of aliphatic imine (C=N–C) groups is 1. The van der Waals surface area contributed by atoms with E-state index in [0.717, 1.165) is 28.1 Å². The number of nitrogens with one attached hydrogen (secondary N) is 2. The summed E-state index contributed by atoms with van der Waals surface area (Å²) in [5.41, 5.74) is 11.1. The molecule has 216 valence electrons. The Morgan fingerprint density at radius 1 is 0.721 bits per heavy atom. The van der Waals surface area contributed by atoms with Gasteiger partial charge in [0.1, 0.15) is 5.75 Å². The normalized spacial score (nSPS) is 13.8. The van der Waals surface area contributed by atoms with Crippen LogP contribution in [0.15, 0.2) is 138 Å². The number of fused-ring (bicyclic) bond motifs is 3. The zero-order valence-electron chi connectivity index (χ0n) is 24.7. The summed E-state index contributed by atoms with van der Waals surface area (Å²) in [6, 6.07) is 45.8. The highest BCUT2D eigenvalue weighted by atomic mass is 16.5. The Labute approximate surface area is 254 Å². The van der Waals surface area contributed by atoms with Gasteiger partial charge in [0.05, 0.1) is 11.7 Å². The standard InChI is InChI=1S/C25H20N2O.C11H11N.C2H7N/c1-26-24(21-15-10-17-6-2-3-7-20(17)16-21)18-11-13-19(14-12-18)25-27-22-8-4-5-9-23(22)28-25;12-8-9-5-6-10-3-1-2-4-11(10)7-9;1-3-2/h2-16,24-25,27H,1H2;1-7H,8,12H2;3H,1-2H3. The summed E-state index contributed by atoms with van der Waals surface area (Å²) in [5, 5.41) is 11.1. The lowest BCUT2D eigenvalue weighted by Gasteiger charge is -2.16. The minimum Gasteiger partial charge on any atom is -0.464 e. The van der Waals surface area contributed by atoms with Crippen LogP contribution < -0.4 is 21.1 Å². The summed E-state index contributed by atoms with van der Waals surface area (Å²) in [6.45, 7) is 4.45. The fraction of sp³-hybridized carbons (Fsp3) is 0.132. The van der Waals surface area contributed by atoms with E-state index in [1.54, 1.807) is 0 Å². The number of para-hydroxylation sites is 2. The van der Waals surface area contributed by atoms with Gasteiger partial charge in [-0.15, -0.1) is 0 Å². The van der Waals surface area contributed by atoms with Crippen molar-refractivity contribution < 1.29 is 4.74 Å². The molecule has 43 heavy (non-hydrogen) atoms. The molecule has 0 radical (unpaired) electrons. The Kier molecular flexibility index (Phi) is 9.80. The van der Waals surface area contributed by atoms with E-state index in [1.165, 1.54) is 27.1 Å². The lowest BCUT2D eigenvalue weighted by Crippen LogP contribution is -2.10. The predicted molar refractivity (Wildman–Crippen MR) is 182 cm³/mol. The quantitative estimate of drug-likeness (QED) is 0.184. The number of ether oxygens (including phenoxy) is 1. The Bertz CT molecular complexity index is 1770. The van der Waals surface area contributed by atoms with Gasteiger partial charge in [0.15, 0.2) is 6.23 Å². The molecule has 7 rings (SSSR count). The highest BCUT2D eigenvalue weighted by Gasteiger charge is 2.23. The number of nitrogens with zero attached hydrogens (tertiary/aromatic N) is 1. The second-order valence-electron chi connectivity index (χ2n) is 10.4. The molecule has 0 bridgehead atoms. The molecule has 4 N–H and O–H groups in total. The molecule has 2 atom stereocenters. The lowest BCUT2D eigenvalue weighted by atomic mass is 9.96. The van der Waals surface area contributed by atoms with Gasteiger partial charge in [-0.1, -0.05) is 109 Å². The Hall–Kier alpha value is -4.97. The summed E-state index contributed by atoms with van der Waals surface area (Å²) in [4.78, 5) is 4.40. The summed E-state index contributed by atoms with van der Waals surface area (Å²) in [5.74, 6) is 0.887. The van der Waals surface area contributed by atoms with Gasteiger partial charge in [-0.25, -0.2) is 0 Å². The van der Waals surface area contributed by atoms with Crippen molar-refractivity contribution in [2.24, 2.45) is 10.7 Å². The smallest absolute Gasteiger partial charge is 0.196 e. The van der Waals surface area contributed by atoms with Gasteiger partial charge in [-0.3, -0.25) is 4.99 Å². The largest absolute Gasteiger partial charge is 0.464 e. The number of rotatable bonds is 5. The number of anilines is 1. The van der Waals surface area contributed by atoms with Gasteiger partial charge in [-0.05, 0) is 83.3 Å². The maximum absolute atomic E-state index is 6.01. The third kappa shape index (κ3) is 7.09. The average molecular weight is 567 g/mol. The van der Waals surface area contributed by atoms with Crippen LogP contribution in [0.5, 0.6) is 5.75 Å². The molecule has 6 aromatic carbocycles. The Morgan fingerprint density at radius 2 is 1.28 bits per heavy atom. The second-order valence-corrected chi connectivity index (χ2v) is 10.4. The van der Waals surface area contributed by atoms with Gasteiger partial charge in [0.25, 0.3) is 0 Å². The molecule has 6 aromatic rings. The monoisotopic (exact) mass is 566 g/mol. The van der Waals surface area contributed by atoms with E-state index in [4.69, 9.17) is 10.5 Å². The van der Waals surface area contributed by atoms with Crippen molar-refractivity contribution in [2.45, 2.75) is 18.8 Å². The van der Waals surface area contributed by atoms with Crippen LogP contribution in [-0.4, -0.2) is 20.8 Å². The van der Waals surface area contributed by atoms with Crippen molar-refractivity contribution >= 4 is 33.9 Å². The zero-order chi connectivity index (χ0) is 30.0. The van der Waals surface area contributed by atoms with Crippen molar-refractivity contribution in [2.75, 3.05) is 19.4 Å². The van der Waals surface area contributed by atoms with Crippen LogP contribution in [0, 0.1) is 0 Å². The molecule has 2 unspecified atom stereocenters. The predicted octanol–water partition coefficient (Wildman–Crippen LogP) is 8.27. The van der Waals surface area contributed by atoms with Crippen LogP contribution in [0.25, 0.3) is 21.5 Å². The van der Waals surface area contributed by atoms with Crippen molar-refractivity contribution in [3.8, 4) is 5.75 Å². The molecule has 0 saturated carbocycles. The fourth-order valence-corrected chi connectivity index (χ4v) is 5.14. The molecule has 0 fully saturated rings. The summed E-state index contributed by atoms with van der Waals surface area (Å²) < 4.78 is 6.01. The van der Waals surface area contributed by atoms with Crippen LogP contribution in [-0.2, 0) is 6.54 Å². The van der Waals surface area contributed by atoms with Gasteiger partial charge in [-0.2, -0.15) is 0 Å². The number of benzene rings is 6. The van der Waals surface area contributed by atoms with Gasteiger partial charge < -0.3 is 21.1 Å². The van der Waals surface area contributed by atoms with E-state index in [2.05, 4.69) is 119 Å². The molecule has 1 heterocycles. The van der Waals surface area contributed by atoms with Crippen molar-refractivity contribution in [3.05, 3.63) is 156 Å². The molecule has 5 nitrogen and oxygen atoms in total. The molecule has 5 heteroatoms. The molecular weight excluding hydrogens is 528 g/mol. The van der Waals surface area contributed by atoms with E-state index in [1.807, 2.05) is 50.5 Å². The van der Waals surface area contributed by atoms with Crippen LogP contribution in [0.1, 0.15) is 34.5 Å². The number of nitrogens with two attached hydrogens (primary N) is 1. The molecule has 0 aliphatic carbocycles. The highest BCUT2D eigenvalue weighted by Crippen LogP contribution is 2.38. The molecular formula is C38H38N4O. The molecule has 1 aliphatic rings. The third-order valence-electron chi connectivity index (χ3n) is 7.29. The van der Waals surface area contributed by atoms with E-state index < -0.39 is 0 Å². The third-order valence-corrected chi connectivity index (χ3v) is 7.29. The van der Waals surface area contributed by atoms with Crippen LogP contribution in [0.3, 0.4) is 0 Å². The average Bonchev–Trinajstić information content (AvgIpc) is 3.50. The van der Waals surface area contributed by atoms with E-state index in [9.17, 15) is 0 Å². The minimum absolute atomic E-state index is 0.0895. The highest BCUT2D eigenvalue weighted by molar-refractivity contribution is 5.84. The Balaban J connectivity index is 0.000000204. The van der Waals surface area contributed by atoms with Crippen molar-refractivity contribution in [3.63, 3.8) is 0 Å². The fourth-order valence-electron chi connectivity index (χ4n) is 5.14. The lowest BCUT2D eigenvalue weighted by molar-refractivity contribution is 0.260. The van der Waals surface area contributed by atoms with E-state index in [-0.39, 0.29) is 12.3 Å². The molecule has 0 aromatic heterocycles. The summed E-state index contributed by atoms with van der Waals surface area (Å²) >= 11 is 0. The van der Waals surface area contributed by atoms with Crippen molar-refractivity contribution in [1.82, 2.24) is 5.32 Å². The van der Waals surface area contributed by atoms with E-state index >= 15 is 0 Å². The molecule has 1 aliphatic heterocycles. The SMILES string of the molecule is C=NC(c1ccc(C2Nc3ccccc3O2)cc1)c1ccc2ccccc2c1.CNC.NCc1ccc2ccccc2c1. The first-order chi connectivity index (χ1) is 21.1. The van der Waals surface area contributed by atoms with Crippen molar-refractivity contribution in [1.29, 1.82) is 0 Å².